The van der Waals surface area contributed by atoms with Gasteiger partial charge >= 0.3 is 0 Å². The van der Waals surface area contributed by atoms with E-state index in [1.807, 2.05) is 47.2 Å². The van der Waals surface area contributed by atoms with Gasteiger partial charge in [-0.1, -0.05) is 30.3 Å². The Morgan fingerprint density at radius 1 is 1.08 bits per heavy atom. The van der Waals surface area contributed by atoms with Gasteiger partial charge < -0.3 is 14.3 Å². The van der Waals surface area contributed by atoms with Gasteiger partial charge in [0, 0.05) is 29.7 Å². The number of rotatable bonds is 6. The lowest BCUT2D eigenvalue weighted by Gasteiger charge is -2.14. The second-order valence-corrected chi connectivity index (χ2v) is 6.03. The lowest BCUT2D eigenvalue weighted by molar-refractivity contribution is 0.454. The molecule has 4 aromatic rings. The van der Waals surface area contributed by atoms with Crippen LogP contribution in [-0.4, -0.2) is 19.7 Å². The number of nitrogens with one attached hydrogen (secondary N) is 1. The molecule has 4 rings (SSSR count). The Morgan fingerprint density at radius 3 is 2.77 bits per heavy atom. The second kappa shape index (κ2) is 7.33. The summed E-state index contributed by atoms with van der Waals surface area (Å²) >= 11 is 0. The van der Waals surface area contributed by atoms with Crippen LogP contribution >= 0.6 is 0 Å². The summed E-state index contributed by atoms with van der Waals surface area (Å²) in [7, 11) is 0. The number of aromatic nitrogens is 4. The Bertz CT molecular complexity index is 963. The Labute approximate surface area is 151 Å². The summed E-state index contributed by atoms with van der Waals surface area (Å²) in [5, 5.41) is 11.7. The van der Waals surface area contributed by atoms with Crippen LogP contribution in [0.15, 0.2) is 77.7 Å². The van der Waals surface area contributed by atoms with Crippen LogP contribution in [0.5, 0.6) is 0 Å². The second-order valence-electron chi connectivity index (χ2n) is 6.03. The first kappa shape index (κ1) is 16.2. The molecule has 0 unspecified atom stereocenters. The maximum atomic E-state index is 5.74. The van der Waals surface area contributed by atoms with Crippen molar-refractivity contribution in [1.82, 2.24) is 25.1 Å². The van der Waals surface area contributed by atoms with Crippen molar-refractivity contribution in [1.29, 1.82) is 0 Å². The van der Waals surface area contributed by atoms with Crippen LogP contribution in [0.4, 0.5) is 0 Å². The molecule has 0 saturated carbocycles. The minimum atomic E-state index is 0.144. The lowest BCUT2D eigenvalue weighted by Crippen LogP contribution is -2.18. The molecule has 0 aliphatic carbocycles. The molecule has 0 aliphatic rings. The van der Waals surface area contributed by atoms with Crippen molar-refractivity contribution in [3.63, 3.8) is 0 Å². The predicted molar refractivity (Wildman–Crippen MR) is 98.6 cm³/mol. The van der Waals surface area contributed by atoms with Gasteiger partial charge in [-0.2, -0.15) is 0 Å². The third-order valence-electron chi connectivity index (χ3n) is 4.22. The molecule has 6 nitrogen and oxygen atoms in total. The zero-order valence-corrected chi connectivity index (χ0v) is 14.4. The average molecular weight is 345 g/mol. The third kappa shape index (κ3) is 3.55. The molecule has 1 N–H and O–H groups in total. The summed E-state index contributed by atoms with van der Waals surface area (Å²) in [5.41, 5.74) is 3.18. The van der Waals surface area contributed by atoms with Crippen molar-refractivity contribution in [2.24, 2.45) is 0 Å². The Balaban J connectivity index is 1.42. The molecule has 0 amide bonds. The van der Waals surface area contributed by atoms with Crippen LogP contribution in [0.25, 0.3) is 17.1 Å². The van der Waals surface area contributed by atoms with E-state index in [-0.39, 0.29) is 6.04 Å². The minimum absolute atomic E-state index is 0.144. The molecule has 2 heterocycles. The van der Waals surface area contributed by atoms with E-state index in [1.165, 1.54) is 5.56 Å². The van der Waals surface area contributed by atoms with E-state index in [9.17, 15) is 0 Å². The van der Waals surface area contributed by atoms with Crippen LogP contribution < -0.4 is 5.32 Å². The number of hydrogen-bond donors (Lipinski definition) is 1. The average Bonchev–Trinajstić information content (AvgIpc) is 3.39. The highest BCUT2D eigenvalue weighted by molar-refractivity contribution is 5.51. The minimum Gasteiger partial charge on any atom is -0.419 e. The number of hydrogen-bond acceptors (Lipinski definition) is 5. The molecule has 130 valence electrons. The fourth-order valence-electron chi connectivity index (χ4n) is 2.75. The molecular formula is C20H19N5O. The van der Waals surface area contributed by atoms with Gasteiger partial charge in [0.15, 0.2) is 0 Å². The van der Waals surface area contributed by atoms with E-state index in [2.05, 4.69) is 45.6 Å². The smallest absolute Gasteiger partial charge is 0.247 e. The Morgan fingerprint density at radius 2 is 1.96 bits per heavy atom. The zero-order chi connectivity index (χ0) is 17.8. The monoisotopic (exact) mass is 345 g/mol. The van der Waals surface area contributed by atoms with E-state index < -0.39 is 0 Å². The molecule has 26 heavy (non-hydrogen) atoms. The van der Waals surface area contributed by atoms with Gasteiger partial charge in [-0.3, -0.25) is 0 Å². The largest absolute Gasteiger partial charge is 0.419 e. The van der Waals surface area contributed by atoms with Crippen LogP contribution in [-0.2, 0) is 6.54 Å². The van der Waals surface area contributed by atoms with Gasteiger partial charge in [-0.05, 0) is 36.8 Å². The maximum Gasteiger partial charge on any atom is 0.247 e. The van der Waals surface area contributed by atoms with Crippen LogP contribution in [0, 0.1) is 0 Å². The third-order valence-corrected chi connectivity index (χ3v) is 4.22. The van der Waals surface area contributed by atoms with Crippen molar-refractivity contribution in [2.45, 2.75) is 19.5 Å². The molecule has 0 spiro atoms. The Kier molecular flexibility index (Phi) is 4.57. The van der Waals surface area contributed by atoms with Crippen LogP contribution in [0.1, 0.15) is 24.4 Å². The van der Waals surface area contributed by atoms with Crippen molar-refractivity contribution in [3.05, 3.63) is 84.8 Å². The highest BCUT2D eigenvalue weighted by Gasteiger charge is 2.11. The van der Waals surface area contributed by atoms with Crippen molar-refractivity contribution >= 4 is 0 Å². The topological polar surface area (TPSA) is 68.8 Å². The van der Waals surface area contributed by atoms with Crippen molar-refractivity contribution in [2.75, 3.05) is 0 Å². The molecule has 0 aliphatic heterocycles. The number of imidazole rings is 1. The summed E-state index contributed by atoms with van der Waals surface area (Å²) in [5.74, 6) is 1.11. The number of nitrogens with zero attached hydrogens (tertiary/aromatic N) is 4. The fraction of sp³-hybridized carbons (Fsp3) is 0.150. The first-order valence-corrected chi connectivity index (χ1v) is 8.49. The van der Waals surface area contributed by atoms with Gasteiger partial charge in [-0.25, -0.2) is 4.98 Å². The summed E-state index contributed by atoms with van der Waals surface area (Å²) < 4.78 is 7.73. The fourth-order valence-corrected chi connectivity index (χ4v) is 2.75. The first-order chi connectivity index (χ1) is 12.8. The Hall–Kier alpha value is -3.25. The van der Waals surface area contributed by atoms with Gasteiger partial charge in [0.2, 0.25) is 11.8 Å². The molecule has 0 fully saturated rings. The van der Waals surface area contributed by atoms with Crippen LogP contribution in [0.3, 0.4) is 0 Å². The predicted octanol–water partition coefficient (Wildman–Crippen LogP) is 3.77. The molecule has 0 bridgehead atoms. The van der Waals surface area contributed by atoms with E-state index in [4.69, 9.17) is 4.42 Å². The highest BCUT2D eigenvalue weighted by atomic mass is 16.4. The SMILES string of the molecule is C[C@H](NCc1nnc(-c2ccccc2)o1)c1cccc(-n2ccnc2)c1. The highest BCUT2D eigenvalue weighted by Crippen LogP contribution is 2.19. The van der Waals surface area contributed by atoms with Gasteiger partial charge in [0.05, 0.1) is 12.9 Å². The zero-order valence-electron chi connectivity index (χ0n) is 14.4. The molecule has 0 radical (unpaired) electrons. The van der Waals surface area contributed by atoms with Crippen LogP contribution in [0.2, 0.25) is 0 Å². The summed E-state index contributed by atoms with van der Waals surface area (Å²) in [6.45, 7) is 2.62. The van der Waals surface area contributed by atoms with E-state index in [1.54, 1.807) is 12.5 Å². The molecule has 2 aromatic heterocycles. The van der Waals surface area contributed by atoms with E-state index >= 15 is 0 Å². The molecule has 6 heteroatoms. The number of benzene rings is 2. The molecular weight excluding hydrogens is 326 g/mol. The van der Waals surface area contributed by atoms with Gasteiger partial charge in [0.1, 0.15) is 0 Å². The molecule has 0 saturated heterocycles. The van der Waals surface area contributed by atoms with E-state index in [0.717, 1.165) is 11.3 Å². The normalized spacial score (nSPS) is 12.2. The quantitative estimate of drug-likeness (QED) is 0.576. The summed E-state index contributed by atoms with van der Waals surface area (Å²) in [4.78, 5) is 4.10. The van der Waals surface area contributed by atoms with Gasteiger partial charge in [0.25, 0.3) is 0 Å². The standard InChI is InChI=1S/C20H19N5O/c1-15(17-8-5-9-18(12-17)25-11-10-21-14-25)22-13-19-23-24-20(26-19)16-6-3-2-4-7-16/h2-12,14-15,22H,13H2,1H3/t15-/m0/s1. The molecule has 2 aromatic carbocycles. The summed E-state index contributed by atoms with van der Waals surface area (Å²) in [6.07, 6.45) is 5.50. The van der Waals surface area contributed by atoms with Gasteiger partial charge in [-0.15, -0.1) is 10.2 Å². The maximum absolute atomic E-state index is 5.74. The first-order valence-electron chi connectivity index (χ1n) is 8.49. The van der Waals surface area contributed by atoms with Crippen molar-refractivity contribution < 1.29 is 4.42 Å². The van der Waals surface area contributed by atoms with Crippen molar-refractivity contribution in [3.8, 4) is 17.1 Å². The van der Waals surface area contributed by atoms with E-state index in [0.29, 0.717) is 18.3 Å². The molecule has 1 atom stereocenters. The lowest BCUT2D eigenvalue weighted by atomic mass is 10.1. The summed E-state index contributed by atoms with van der Waals surface area (Å²) in [6, 6.07) is 18.3.